The fourth-order valence-electron chi connectivity index (χ4n) is 3.11. The van der Waals surface area contributed by atoms with E-state index in [1.807, 2.05) is 38.1 Å². The van der Waals surface area contributed by atoms with Gasteiger partial charge in [-0.2, -0.15) is 9.35 Å². The zero-order valence-electron chi connectivity index (χ0n) is 15.0. The first-order chi connectivity index (χ1) is 13.2. The Kier molecular flexibility index (Phi) is 4.53. The number of nitrogens with zero attached hydrogens (tertiary/aromatic N) is 4. The fraction of sp³-hybridized carbons (Fsp3) is 0.200. The number of aromatic nitrogens is 4. The Balaban J connectivity index is 2.18. The van der Waals surface area contributed by atoms with Crippen molar-refractivity contribution in [3.8, 4) is 0 Å². The van der Waals surface area contributed by atoms with E-state index in [-0.39, 0.29) is 11.1 Å². The zero-order valence-corrected chi connectivity index (χ0v) is 15.9. The van der Waals surface area contributed by atoms with E-state index in [4.69, 9.17) is 0 Å². The van der Waals surface area contributed by atoms with Crippen LogP contribution in [0.15, 0.2) is 63.3 Å². The minimum Gasteiger partial charge on any atom is -0.267 e. The maximum Gasteiger partial charge on any atom is 0.281 e. The number of fused-ring (bicyclic) bond motifs is 2. The third-order valence-corrected chi connectivity index (χ3v) is 5.15. The molecule has 4 rings (SSSR count). The molecule has 0 saturated heterocycles. The van der Waals surface area contributed by atoms with E-state index in [9.17, 15) is 9.59 Å². The van der Waals surface area contributed by atoms with E-state index >= 15 is 0 Å². The standard InChI is InChI=1S/C20H18N4O2S/c1-3-17-21-15-11-7-5-9-13(15)18(25)23(17)24-19(26)14-10-6-8-12-16(14)22-20(24)27-4-2/h5-12H,3-4H2,1-2H3. The average Bonchev–Trinajstić information content (AvgIpc) is 2.69. The van der Waals surface area contributed by atoms with Crippen molar-refractivity contribution in [3.05, 3.63) is 75.1 Å². The van der Waals surface area contributed by atoms with Crippen LogP contribution in [0.25, 0.3) is 21.8 Å². The number of para-hydroxylation sites is 2. The van der Waals surface area contributed by atoms with Crippen LogP contribution in [0.5, 0.6) is 0 Å². The van der Waals surface area contributed by atoms with Gasteiger partial charge in [0.1, 0.15) is 5.82 Å². The van der Waals surface area contributed by atoms with Crippen LogP contribution in [-0.2, 0) is 6.42 Å². The van der Waals surface area contributed by atoms with Gasteiger partial charge in [0, 0.05) is 6.42 Å². The Morgan fingerprint density at radius 1 is 0.815 bits per heavy atom. The Hall–Kier alpha value is -2.93. The van der Waals surface area contributed by atoms with Gasteiger partial charge in [0.05, 0.1) is 21.8 Å². The minimum absolute atomic E-state index is 0.269. The van der Waals surface area contributed by atoms with Crippen molar-refractivity contribution >= 4 is 33.6 Å². The van der Waals surface area contributed by atoms with E-state index in [0.29, 0.717) is 39.2 Å². The van der Waals surface area contributed by atoms with Gasteiger partial charge in [0.15, 0.2) is 5.16 Å². The maximum atomic E-state index is 13.3. The summed E-state index contributed by atoms with van der Waals surface area (Å²) in [7, 11) is 0. The van der Waals surface area contributed by atoms with Crippen LogP contribution in [-0.4, -0.2) is 25.1 Å². The van der Waals surface area contributed by atoms with Gasteiger partial charge >= 0.3 is 0 Å². The Labute approximate surface area is 159 Å². The Morgan fingerprint density at radius 3 is 1.96 bits per heavy atom. The third-order valence-electron chi connectivity index (χ3n) is 4.33. The summed E-state index contributed by atoms with van der Waals surface area (Å²) in [5.74, 6) is 1.25. The van der Waals surface area contributed by atoms with E-state index in [0.717, 1.165) is 5.75 Å². The second kappa shape index (κ2) is 7.00. The number of thioether (sulfide) groups is 1. The molecule has 0 aliphatic carbocycles. The van der Waals surface area contributed by atoms with E-state index in [1.165, 1.54) is 21.1 Å². The molecule has 2 aromatic heterocycles. The van der Waals surface area contributed by atoms with Crippen LogP contribution in [0.2, 0.25) is 0 Å². The number of aryl methyl sites for hydroxylation is 1. The first-order valence-corrected chi connectivity index (χ1v) is 9.80. The zero-order chi connectivity index (χ0) is 19.0. The number of rotatable bonds is 4. The average molecular weight is 378 g/mol. The molecule has 4 aromatic rings. The van der Waals surface area contributed by atoms with Crippen molar-refractivity contribution in [3.63, 3.8) is 0 Å². The molecule has 0 amide bonds. The second-order valence-electron chi connectivity index (χ2n) is 5.98. The van der Waals surface area contributed by atoms with Crippen molar-refractivity contribution in [2.75, 3.05) is 5.75 Å². The molecule has 2 heterocycles. The summed E-state index contributed by atoms with van der Waals surface area (Å²) < 4.78 is 2.75. The molecule has 0 saturated carbocycles. The number of hydrogen-bond acceptors (Lipinski definition) is 5. The lowest BCUT2D eigenvalue weighted by Gasteiger charge is -2.17. The molecule has 0 fully saturated rings. The first-order valence-electron chi connectivity index (χ1n) is 8.81. The smallest absolute Gasteiger partial charge is 0.267 e. The van der Waals surface area contributed by atoms with Crippen LogP contribution in [0.3, 0.4) is 0 Å². The highest BCUT2D eigenvalue weighted by Crippen LogP contribution is 2.18. The van der Waals surface area contributed by atoms with Crippen molar-refractivity contribution in [1.82, 2.24) is 19.3 Å². The molecule has 136 valence electrons. The lowest BCUT2D eigenvalue weighted by atomic mass is 10.2. The molecule has 0 bridgehead atoms. The predicted octanol–water partition coefficient (Wildman–Crippen LogP) is 3.09. The summed E-state index contributed by atoms with van der Waals surface area (Å²) in [5.41, 5.74) is 0.705. The minimum atomic E-state index is -0.273. The predicted molar refractivity (Wildman–Crippen MR) is 109 cm³/mol. The SMILES string of the molecule is CCSc1nc2ccccc2c(=O)n1-n1c(CC)nc2ccccc2c1=O. The molecular formula is C20H18N4O2S. The van der Waals surface area contributed by atoms with E-state index in [1.54, 1.807) is 24.3 Å². The molecular weight excluding hydrogens is 360 g/mol. The topological polar surface area (TPSA) is 69.8 Å². The highest BCUT2D eigenvalue weighted by molar-refractivity contribution is 7.99. The quantitative estimate of drug-likeness (QED) is 0.403. The molecule has 7 heteroatoms. The summed E-state index contributed by atoms with van der Waals surface area (Å²) in [4.78, 5) is 35.8. The van der Waals surface area contributed by atoms with Gasteiger partial charge in [-0.05, 0) is 30.0 Å². The summed E-state index contributed by atoms with van der Waals surface area (Å²) in [6.07, 6.45) is 0.509. The molecule has 6 nitrogen and oxygen atoms in total. The fourth-order valence-corrected chi connectivity index (χ4v) is 3.81. The largest absolute Gasteiger partial charge is 0.281 e. The molecule has 0 aliphatic rings. The van der Waals surface area contributed by atoms with Crippen molar-refractivity contribution in [2.45, 2.75) is 25.4 Å². The monoisotopic (exact) mass is 378 g/mol. The summed E-state index contributed by atoms with van der Waals surface area (Å²) >= 11 is 1.42. The molecule has 0 N–H and O–H groups in total. The van der Waals surface area contributed by atoms with E-state index < -0.39 is 0 Å². The normalized spacial score (nSPS) is 11.3. The van der Waals surface area contributed by atoms with Gasteiger partial charge in [0.25, 0.3) is 11.1 Å². The summed E-state index contributed by atoms with van der Waals surface area (Å²) in [6.45, 7) is 3.90. The van der Waals surface area contributed by atoms with Crippen molar-refractivity contribution < 1.29 is 0 Å². The van der Waals surface area contributed by atoms with Gasteiger partial charge in [-0.3, -0.25) is 9.59 Å². The lowest BCUT2D eigenvalue weighted by Crippen LogP contribution is -2.39. The summed E-state index contributed by atoms with van der Waals surface area (Å²) in [5, 5.41) is 1.43. The maximum absolute atomic E-state index is 13.3. The first kappa shape index (κ1) is 17.5. The van der Waals surface area contributed by atoms with Crippen molar-refractivity contribution in [2.24, 2.45) is 0 Å². The molecule has 0 spiro atoms. The Morgan fingerprint density at radius 2 is 1.37 bits per heavy atom. The highest BCUT2D eigenvalue weighted by Gasteiger charge is 2.18. The van der Waals surface area contributed by atoms with Gasteiger partial charge < -0.3 is 0 Å². The molecule has 0 aliphatic heterocycles. The second-order valence-corrected chi connectivity index (χ2v) is 7.21. The highest BCUT2D eigenvalue weighted by atomic mass is 32.2. The van der Waals surface area contributed by atoms with Gasteiger partial charge in [0.2, 0.25) is 0 Å². The van der Waals surface area contributed by atoms with Gasteiger partial charge in [-0.25, -0.2) is 9.97 Å². The van der Waals surface area contributed by atoms with Gasteiger partial charge in [-0.1, -0.05) is 49.9 Å². The van der Waals surface area contributed by atoms with Gasteiger partial charge in [-0.15, -0.1) is 0 Å². The number of hydrogen-bond donors (Lipinski definition) is 0. The van der Waals surface area contributed by atoms with Crippen molar-refractivity contribution in [1.29, 1.82) is 0 Å². The van der Waals surface area contributed by atoms with Crippen LogP contribution in [0, 0.1) is 0 Å². The molecule has 0 radical (unpaired) electrons. The number of benzene rings is 2. The molecule has 2 aromatic carbocycles. The summed E-state index contributed by atoms with van der Waals surface area (Å²) in [6, 6.07) is 14.4. The van der Waals surface area contributed by atoms with Crippen LogP contribution in [0.1, 0.15) is 19.7 Å². The van der Waals surface area contributed by atoms with Crippen LogP contribution in [0.4, 0.5) is 0 Å². The Bertz CT molecular complexity index is 1280. The third kappa shape index (κ3) is 2.84. The lowest BCUT2D eigenvalue weighted by molar-refractivity contribution is 0.507. The van der Waals surface area contributed by atoms with Crippen LogP contribution < -0.4 is 11.1 Å². The van der Waals surface area contributed by atoms with E-state index in [2.05, 4.69) is 9.97 Å². The molecule has 0 atom stereocenters. The molecule has 0 unspecified atom stereocenters. The molecule has 27 heavy (non-hydrogen) atoms. The van der Waals surface area contributed by atoms with Crippen LogP contribution >= 0.6 is 11.8 Å².